The van der Waals surface area contributed by atoms with Crippen molar-refractivity contribution in [1.82, 2.24) is 10.2 Å². The van der Waals surface area contributed by atoms with Crippen LogP contribution in [0.1, 0.15) is 22.5 Å². The van der Waals surface area contributed by atoms with Crippen molar-refractivity contribution in [3.05, 3.63) is 83.2 Å². The highest BCUT2D eigenvalue weighted by molar-refractivity contribution is 5.92. The molecule has 5 heteroatoms. The minimum Gasteiger partial charge on any atom is -0.372 e. The van der Waals surface area contributed by atoms with Gasteiger partial charge in [-0.05, 0) is 36.2 Å². The van der Waals surface area contributed by atoms with Crippen LogP contribution in [-0.4, -0.2) is 16.1 Å². The number of benzene rings is 2. The van der Waals surface area contributed by atoms with Gasteiger partial charge in [0.2, 0.25) is 5.91 Å². The lowest BCUT2D eigenvalue weighted by Gasteiger charge is -2.07. The second kappa shape index (κ2) is 8.26. The average Bonchev–Trinajstić information content (AvgIpc) is 3.02. The third-order valence-corrected chi connectivity index (χ3v) is 3.72. The zero-order chi connectivity index (χ0) is 17.5. The monoisotopic (exact) mass is 335 g/mol. The van der Waals surface area contributed by atoms with Crippen LogP contribution in [0.15, 0.2) is 60.7 Å². The molecule has 0 atom stereocenters. The number of nitrogens with zero attached hydrogens (tertiary/aromatic N) is 1. The molecule has 2 aromatic carbocycles. The van der Waals surface area contributed by atoms with Gasteiger partial charge in [-0.25, -0.2) is 0 Å². The molecule has 3 aromatic rings. The maximum Gasteiger partial charge on any atom is 0.230 e. The second-order valence-electron chi connectivity index (χ2n) is 5.94. The summed E-state index contributed by atoms with van der Waals surface area (Å²) in [5.41, 5.74) is 4.67. The van der Waals surface area contributed by atoms with Gasteiger partial charge in [0.05, 0.1) is 25.3 Å². The molecular formula is C20H21N3O2. The van der Waals surface area contributed by atoms with Crippen LogP contribution in [0, 0.1) is 6.92 Å². The summed E-state index contributed by atoms with van der Waals surface area (Å²) in [7, 11) is 0. The molecule has 0 aliphatic rings. The van der Waals surface area contributed by atoms with E-state index in [1.54, 1.807) is 0 Å². The van der Waals surface area contributed by atoms with Gasteiger partial charge in [-0.1, -0.05) is 42.5 Å². The summed E-state index contributed by atoms with van der Waals surface area (Å²) >= 11 is 0. The van der Waals surface area contributed by atoms with E-state index in [9.17, 15) is 4.79 Å². The van der Waals surface area contributed by atoms with Crippen LogP contribution in [0.3, 0.4) is 0 Å². The van der Waals surface area contributed by atoms with E-state index in [0.717, 1.165) is 28.2 Å². The van der Waals surface area contributed by atoms with Gasteiger partial charge in [0.25, 0.3) is 0 Å². The van der Waals surface area contributed by atoms with Crippen molar-refractivity contribution >= 4 is 11.6 Å². The number of nitrogens with one attached hydrogen (secondary N) is 2. The zero-order valence-electron chi connectivity index (χ0n) is 14.2. The Kier molecular flexibility index (Phi) is 5.59. The first-order chi connectivity index (χ1) is 12.2. The predicted molar refractivity (Wildman–Crippen MR) is 97.0 cm³/mol. The molecule has 3 rings (SSSR count). The van der Waals surface area contributed by atoms with Crippen molar-refractivity contribution in [3.63, 3.8) is 0 Å². The van der Waals surface area contributed by atoms with E-state index < -0.39 is 0 Å². The SMILES string of the molecule is Cc1cc(CC(=O)Nc2ccc(COCc3ccccc3)cc2)n[nH]1. The first kappa shape index (κ1) is 16.9. The molecule has 0 bridgehead atoms. The Morgan fingerprint density at radius 1 is 1.04 bits per heavy atom. The fraction of sp³-hybridized carbons (Fsp3) is 0.200. The number of rotatable bonds is 7. The summed E-state index contributed by atoms with van der Waals surface area (Å²) in [4.78, 5) is 12.0. The highest BCUT2D eigenvalue weighted by atomic mass is 16.5. The normalized spacial score (nSPS) is 10.6. The Bertz CT molecular complexity index is 810. The lowest BCUT2D eigenvalue weighted by molar-refractivity contribution is -0.115. The lowest BCUT2D eigenvalue weighted by atomic mass is 10.2. The highest BCUT2D eigenvalue weighted by Gasteiger charge is 2.07. The average molecular weight is 335 g/mol. The fourth-order valence-electron chi connectivity index (χ4n) is 2.48. The van der Waals surface area contributed by atoms with Crippen LogP contribution in [0.4, 0.5) is 5.69 Å². The first-order valence-corrected chi connectivity index (χ1v) is 8.20. The standard InChI is InChI=1S/C20H21N3O2/c1-15-11-19(23-22-15)12-20(24)21-18-9-7-17(8-10-18)14-25-13-16-5-3-2-4-6-16/h2-11H,12-14H2,1H3,(H,21,24)(H,22,23). The number of ether oxygens (including phenoxy) is 1. The summed E-state index contributed by atoms with van der Waals surface area (Å²) in [5.74, 6) is -0.0837. The quantitative estimate of drug-likeness (QED) is 0.693. The number of aromatic amines is 1. The topological polar surface area (TPSA) is 67.0 Å². The van der Waals surface area contributed by atoms with Crippen molar-refractivity contribution in [2.45, 2.75) is 26.6 Å². The summed E-state index contributed by atoms with van der Waals surface area (Å²) in [6, 6.07) is 19.6. The number of amides is 1. The summed E-state index contributed by atoms with van der Waals surface area (Å²) in [6.07, 6.45) is 0.256. The number of H-pyrrole nitrogens is 1. The summed E-state index contributed by atoms with van der Waals surface area (Å²) in [5, 5.41) is 9.78. The number of carbonyl (C=O) groups is 1. The fourth-order valence-corrected chi connectivity index (χ4v) is 2.48. The van der Waals surface area contributed by atoms with Gasteiger partial charge in [-0.15, -0.1) is 0 Å². The molecule has 1 heterocycles. The predicted octanol–water partition coefficient (Wildman–Crippen LogP) is 3.62. The van der Waals surface area contributed by atoms with E-state index in [2.05, 4.69) is 15.5 Å². The minimum absolute atomic E-state index is 0.0837. The Labute approximate surface area is 147 Å². The van der Waals surface area contributed by atoms with Crippen LogP contribution in [-0.2, 0) is 29.2 Å². The molecule has 0 spiro atoms. The van der Waals surface area contributed by atoms with Gasteiger partial charge < -0.3 is 10.1 Å². The lowest BCUT2D eigenvalue weighted by Crippen LogP contribution is -2.14. The molecule has 0 radical (unpaired) electrons. The maximum atomic E-state index is 12.0. The molecule has 0 unspecified atom stereocenters. The Hall–Kier alpha value is -2.92. The molecule has 0 fully saturated rings. The molecular weight excluding hydrogens is 314 g/mol. The van der Waals surface area contributed by atoms with Crippen molar-refractivity contribution in [2.24, 2.45) is 0 Å². The molecule has 2 N–H and O–H groups in total. The Balaban J connectivity index is 1.46. The van der Waals surface area contributed by atoms with Gasteiger partial charge in [0.15, 0.2) is 0 Å². The van der Waals surface area contributed by atoms with Crippen molar-refractivity contribution in [3.8, 4) is 0 Å². The van der Waals surface area contributed by atoms with E-state index in [4.69, 9.17) is 4.74 Å². The van der Waals surface area contributed by atoms with Crippen LogP contribution < -0.4 is 5.32 Å². The minimum atomic E-state index is -0.0837. The summed E-state index contributed by atoms with van der Waals surface area (Å²) in [6.45, 7) is 3.03. The van der Waals surface area contributed by atoms with Crippen molar-refractivity contribution < 1.29 is 9.53 Å². The zero-order valence-corrected chi connectivity index (χ0v) is 14.2. The molecule has 0 aliphatic carbocycles. The van der Waals surface area contributed by atoms with Crippen molar-refractivity contribution in [2.75, 3.05) is 5.32 Å². The van der Waals surface area contributed by atoms with Crippen molar-refractivity contribution in [1.29, 1.82) is 0 Å². The largest absolute Gasteiger partial charge is 0.372 e. The van der Waals surface area contributed by atoms with Crippen LogP contribution in [0.25, 0.3) is 0 Å². The number of aryl methyl sites for hydroxylation is 1. The number of aromatic nitrogens is 2. The smallest absolute Gasteiger partial charge is 0.230 e. The molecule has 0 aliphatic heterocycles. The molecule has 25 heavy (non-hydrogen) atoms. The number of carbonyl (C=O) groups excluding carboxylic acids is 1. The van der Waals surface area contributed by atoms with E-state index in [-0.39, 0.29) is 12.3 Å². The first-order valence-electron chi connectivity index (χ1n) is 8.20. The molecule has 0 saturated carbocycles. The molecule has 0 saturated heterocycles. The third-order valence-electron chi connectivity index (χ3n) is 3.72. The Morgan fingerprint density at radius 3 is 2.36 bits per heavy atom. The van der Waals surface area contributed by atoms with Gasteiger partial charge >= 0.3 is 0 Å². The van der Waals surface area contributed by atoms with E-state index in [0.29, 0.717) is 13.2 Å². The van der Waals surface area contributed by atoms with Crippen LogP contribution in [0.2, 0.25) is 0 Å². The third kappa shape index (κ3) is 5.29. The summed E-state index contributed by atoms with van der Waals surface area (Å²) < 4.78 is 5.71. The van der Waals surface area contributed by atoms with Crippen LogP contribution >= 0.6 is 0 Å². The molecule has 1 aromatic heterocycles. The van der Waals surface area contributed by atoms with Gasteiger partial charge in [-0.3, -0.25) is 9.89 Å². The van der Waals surface area contributed by atoms with Gasteiger partial charge in [0.1, 0.15) is 0 Å². The molecule has 1 amide bonds. The van der Waals surface area contributed by atoms with E-state index in [1.807, 2.05) is 67.6 Å². The number of hydrogen-bond donors (Lipinski definition) is 2. The Morgan fingerprint density at radius 2 is 1.72 bits per heavy atom. The number of anilines is 1. The van der Waals surface area contributed by atoms with E-state index >= 15 is 0 Å². The van der Waals surface area contributed by atoms with Gasteiger partial charge in [0, 0.05) is 11.4 Å². The second-order valence-corrected chi connectivity index (χ2v) is 5.94. The van der Waals surface area contributed by atoms with Gasteiger partial charge in [-0.2, -0.15) is 5.10 Å². The van der Waals surface area contributed by atoms with E-state index in [1.165, 1.54) is 0 Å². The highest BCUT2D eigenvalue weighted by Crippen LogP contribution is 2.12. The maximum absolute atomic E-state index is 12.0. The molecule has 5 nitrogen and oxygen atoms in total. The van der Waals surface area contributed by atoms with Crippen LogP contribution in [0.5, 0.6) is 0 Å². The molecule has 128 valence electrons. The number of hydrogen-bond acceptors (Lipinski definition) is 3.